The molecule has 12 heteroatoms. The van der Waals surface area contributed by atoms with Gasteiger partial charge in [-0.25, -0.2) is 4.39 Å². The number of carboxylic acid groups (broad SMARTS) is 1. The van der Waals surface area contributed by atoms with Crippen LogP contribution in [0.15, 0.2) is 47.4 Å². The number of amides is 1. The van der Waals surface area contributed by atoms with Crippen LogP contribution in [0.4, 0.5) is 17.6 Å². The Hall–Kier alpha value is -3.70. The highest BCUT2D eigenvalue weighted by Gasteiger charge is 2.36. The third-order valence-electron chi connectivity index (χ3n) is 7.85. The zero-order valence-corrected chi connectivity index (χ0v) is 27.5. The van der Waals surface area contributed by atoms with Crippen LogP contribution in [-0.4, -0.2) is 47.1 Å². The number of benzene rings is 2. The van der Waals surface area contributed by atoms with Gasteiger partial charge in [-0.2, -0.15) is 13.2 Å². The van der Waals surface area contributed by atoms with E-state index in [-0.39, 0.29) is 41.5 Å². The van der Waals surface area contributed by atoms with Gasteiger partial charge in [0, 0.05) is 24.4 Å². The SMILES string of the molecule is Cc1cccc(C)c1-c1cc(Cl)c(F)c([C@H](CC(=O)O)NC(=O)C(CCC(C)C)n2cc(CCN(C)C)c(C(F)(F)F)cc2=O)c1. The van der Waals surface area contributed by atoms with Crippen LogP contribution in [0.1, 0.15) is 73.0 Å². The number of carbonyl (C=O) groups excluding carboxylic acids is 1. The maximum absolute atomic E-state index is 15.6. The third kappa shape index (κ3) is 9.19. The molecule has 0 fully saturated rings. The first kappa shape index (κ1) is 36.8. The average Bonchev–Trinajstić information content (AvgIpc) is 2.93. The van der Waals surface area contributed by atoms with Crippen LogP contribution in [0.2, 0.25) is 5.02 Å². The fraction of sp³-hybridized carbons (Fsp3) is 0.441. The van der Waals surface area contributed by atoms with Gasteiger partial charge >= 0.3 is 12.1 Å². The molecular weight excluding hydrogens is 626 g/mol. The Labute approximate surface area is 271 Å². The van der Waals surface area contributed by atoms with Gasteiger partial charge in [0.1, 0.15) is 11.9 Å². The molecule has 0 bridgehead atoms. The van der Waals surface area contributed by atoms with E-state index in [2.05, 4.69) is 5.32 Å². The van der Waals surface area contributed by atoms with Gasteiger partial charge in [-0.05, 0) is 93.1 Å². The van der Waals surface area contributed by atoms with Crippen molar-refractivity contribution in [3.63, 3.8) is 0 Å². The van der Waals surface area contributed by atoms with Crippen molar-refractivity contribution in [2.24, 2.45) is 5.92 Å². The minimum absolute atomic E-state index is 0.0445. The van der Waals surface area contributed by atoms with Gasteiger partial charge in [0.05, 0.1) is 23.0 Å². The number of pyridine rings is 1. The Morgan fingerprint density at radius 3 is 2.24 bits per heavy atom. The molecule has 2 N–H and O–H groups in total. The summed E-state index contributed by atoms with van der Waals surface area (Å²) in [6.07, 6.45) is -4.01. The maximum Gasteiger partial charge on any atom is 0.416 e. The zero-order chi connectivity index (χ0) is 34.5. The molecule has 0 spiro atoms. The number of nitrogens with one attached hydrogen (secondary N) is 1. The molecule has 250 valence electrons. The van der Waals surface area contributed by atoms with Gasteiger partial charge < -0.3 is 19.9 Å². The van der Waals surface area contributed by atoms with E-state index in [1.165, 1.54) is 12.1 Å². The number of carboxylic acids is 1. The summed E-state index contributed by atoms with van der Waals surface area (Å²) < 4.78 is 58.3. The normalized spacial score (nSPS) is 13.2. The lowest BCUT2D eigenvalue weighted by Crippen LogP contribution is -2.40. The maximum atomic E-state index is 15.6. The molecule has 46 heavy (non-hydrogen) atoms. The largest absolute Gasteiger partial charge is 0.481 e. The molecule has 1 amide bonds. The highest BCUT2D eigenvalue weighted by Crippen LogP contribution is 2.36. The first-order chi connectivity index (χ1) is 21.4. The molecule has 1 unspecified atom stereocenters. The number of likely N-dealkylation sites (N-methyl/N-ethyl adjacent to an activating group) is 1. The van der Waals surface area contributed by atoms with Crippen LogP contribution in [0.3, 0.4) is 0 Å². The number of hydrogen-bond donors (Lipinski definition) is 2. The standard InChI is InChI=1S/C34H40ClF4N3O4/c1-19(2)10-11-28(42-18-22(12-13-41(5)6)25(16-29(42)43)34(37,38)39)33(46)40-27(17-30(44)45)24-14-23(15-26(35)32(24)36)31-20(3)8-7-9-21(31)4/h7-9,14-16,18-19,27-28H,10-13,17H2,1-6H3,(H,40,46)(H,44,45)/t27-,28?/m0/s1. The van der Waals surface area contributed by atoms with Crippen LogP contribution >= 0.6 is 11.6 Å². The summed E-state index contributed by atoms with van der Waals surface area (Å²) in [5.41, 5.74) is 0.568. The fourth-order valence-electron chi connectivity index (χ4n) is 5.49. The highest BCUT2D eigenvalue weighted by molar-refractivity contribution is 6.31. The molecule has 3 rings (SSSR count). The van der Waals surface area contributed by atoms with Crippen molar-refractivity contribution in [3.8, 4) is 11.1 Å². The van der Waals surface area contributed by atoms with E-state index in [1.54, 1.807) is 19.0 Å². The predicted octanol–water partition coefficient (Wildman–Crippen LogP) is 7.36. The van der Waals surface area contributed by atoms with Gasteiger partial charge in [-0.1, -0.05) is 43.6 Å². The molecule has 1 aromatic heterocycles. The number of alkyl halides is 3. The van der Waals surface area contributed by atoms with Gasteiger partial charge in [0.15, 0.2) is 0 Å². The first-order valence-corrected chi connectivity index (χ1v) is 15.3. The fourth-order valence-corrected chi connectivity index (χ4v) is 5.72. The van der Waals surface area contributed by atoms with Crippen molar-refractivity contribution in [1.82, 2.24) is 14.8 Å². The van der Waals surface area contributed by atoms with Crippen molar-refractivity contribution in [1.29, 1.82) is 0 Å². The Kier molecular flexibility index (Phi) is 12.2. The minimum Gasteiger partial charge on any atom is -0.481 e. The number of carbonyl (C=O) groups is 2. The Morgan fingerprint density at radius 2 is 1.70 bits per heavy atom. The molecule has 0 aliphatic rings. The minimum atomic E-state index is -4.79. The quantitative estimate of drug-likeness (QED) is 0.186. The van der Waals surface area contributed by atoms with Crippen molar-refractivity contribution >= 4 is 23.5 Å². The summed E-state index contributed by atoms with van der Waals surface area (Å²) in [6, 6.07) is 6.24. The summed E-state index contributed by atoms with van der Waals surface area (Å²) in [5.74, 6) is -3.02. The summed E-state index contributed by atoms with van der Waals surface area (Å²) >= 11 is 6.30. The van der Waals surface area contributed by atoms with E-state index >= 15 is 4.39 Å². The lowest BCUT2D eigenvalue weighted by molar-refractivity contribution is -0.139. The molecule has 0 aliphatic carbocycles. The first-order valence-electron chi connectivity index (χ1n) is 14.9. The molecule has 0 saturated carbocycles. The second-order valence-corrected chi connectivity index (χ2v) is 12.7. The van der Waals surface area contributed by atoms with E-state index in [9.17, 15) is 32.7 Å². The van der Waals surface area contributed by atoms with Crippen LogP contribution in [0.25, 0.3) is 11.1 Å². The van der Waals surface area contributed by atoms with Crippen molar-refractivity contribution in [3.05, 3.63) is 91.6 Å². The number of aliphatic carboxylic acids is 1. The number of aromatic nitrogens is 1. The molecule has 2 aromatic carbocycles. The lowest BCUT2D eigenvalue weighted by Gasteiger charge is -2.26. The summed E-state index contributed by atoms with van der Waals surface area (Å²) in [7, 11) is 3.40. The van der Waals surface area contributed by atoms with E-state index in [4.69, 9.17) is 11.6 Å². The second-order valence-electron chi connectivity index (χ2n) is 12.3. The van der Waals surface area contributed by atoms with Gasteiger partial charge in [0.25, 0.3) is 5.56 Å². The number of rotatable bonds is 13. The van der Waals surface area contributed by atoms with Crippen molar-refractivity contribution < 1.29 is 32.3 Å². The third-order valence-corrected chi connectivity index (χ3v) is 8.12. The number of hydrogen-bond acceptors (Lipinski definition) is 4. The molecule has 0 saturated heterocycles. The monoisotopic (exact) mass is 665 g/mol. The van der Waals surface area contributed by atoms with Gasteiger partial charge in [-0.15, -0.1) is 0 Å². The van der Waals surface area contributed by atoms with E-state index < -0.39 is 53.5 Å². The van der Waals surface area contributed by atoms with E-state index in [0.717, 1.165) is 27.5 Å². The number of halogens is 5. The summed E-state index contributed by atoms with van der Waals surface area (Å²) in [5, 5.41) is 12.1. The molecule has 0 radical (unpaired) electrons. The van der Waals surface area contributed by atoms with Crippen molar-refractivity contribution in [2.75, 3.05) is 20.6 Å². The van der Waals surface area contributed by atoms with E-state index in [0.29, 0.717) is 18.1 Å². The predicted molar refractivity (Wildman–Crippen MR) is 171 cm³/mol. The smallest absolute Gasteiger partial charge is 0.416 e. The number of nitrogens with zero attached hydrogens (tertiary/aromatic N) is 2. The average molecular weight is 666 g/mol. The molecule has 2 atom stereocenters. The molecule has 7 nitrogen and oxygen atoms in total. The van der Waals surface area contributed by atoms with Gasteiger partial charge in [-0.3, -0.25) is 14.4 Å². The Morgan fingerprint density at radius 1 is 1.07 bits per heavy atom. The Bertz CT molecular complexity index is 1620. The second kappa shape index (κ2) is 15.3. The number of aryl methyl sites for hydroxylation is 2. The molecule has 0 aliphatic heterocycles. The Balaban J connectivity index is 2.15. The zero-order valence-electron chi connectivity index (χ0n) is 26.8. The molecular formula is C34H40ClF4N3O4. The van der Waals surface area contributed by atoms with Crippen molar-refractivity contribution in [2.45, 2.75) is 71.6 Å². The lowest BCUT2D eigenvalue weighted by atomic mass is 9.92. The summed E-state index contributed by atoms with van der Waals surface area (Å²) in [4.78, 5) is 40.8. The van der Waals surface area contributed by atoms with E-state index in [1.807, 2.05) is 45.9 Å². The molecule has 1 heterocycles. The van der Waals surface area contributed by atoms with Crippen LogP contribution in [0, 0.1) is 25.6 Å². The van der Waals surface area contributed by atoms with Gasteiger partial charge in [0.2, 0.25) is 5.91 Å². The molecule has 3 aromatic rings. The summed E-state index contributed by atoms with van der Waals surface area (Å²) in [6.45, 7) is 7.75. The highest BCUT2D eigenvalue weighted by atomic mass is 35.5. The topological polar surface area (TPSA) is 91.6 Å². The van der Waals surface area contributed by atoms with Crippen LogP contribution in [-0.2, 0) is 22.2 Å². The van der Waals surface area contributed by atoms with Crippen LogP contribution < -0.4 is 10.9 Å². The van der Waals surface area contributed by atoms with Crippen LogP contribution in [0.5, 0.6) is 0 Å².